The summed E-state index contributed by atoms with van der Waals surface area (Å²) < 4.78 is 1.96. The second-order valence-electron chi connectivity index (χ2n) is 3.57. The molecule has 0 radical (unpaired) electrons. The third-order valence-corrected chi connectivity index (χ3v) is 3.27. The lowest BCUT2D eigenvalue weighted by Crippen LogP contribution is -1.90. The molecule has 0 fully saturated rings. The van der Waals surface area contributed by atoms with E-state index in [1.54, 1.807) is 23.9 Å². The molecule has 4 nitrogen and oxygen atoms in total. The minimum absolute atomic E-state index is 0.796. The zero-order valence-electron chi connectivity index (χ0n) is 9.47. The summed E-state index contributed by atoms with van der Waals surface area (Å²) in [6.07, 6.45) is 5.02. The maximum Gasteiger partial charge on any atom is 0.168 e. The monoisotopic (exact) mass is 254 g/mol. The van der Waals surface area contributed by atoms with E-state index in [2.05, 4.69) is 15.0 Å². The van der Waals surface area contributed by atoms with Gasteiger partial charge in [0, 0.05) is 0 Å². The molecule has 88 valence electrons. The molecule has 0 aliphatic carbocycles. The normalized spacial score (nSPS) is 10.2. The van der Waals surface area contributed by atoms with Gasteiger partial charge >= 0.3 is 0 Å². The Morgan fingerprint density at radius 3 is 2.89 bits per heavy atom. The fourth-order valence-electron chi connectivity index (χ4n) is 1.59. The highest BCUT2D eigenvalue weighted by molar-refractivity contribution is 7.12. The fourth-order valence-corrected chi connectivity index (χ4v) is 2.30. The van der Waals surface area contributed by atoms with E-state index in [1.807, 2.05) is 46.3 Å². The first-order chi connectivity index (χ1) is 8.95. The molecule has 0 N–H and O–H groups in total. The van der Waals surface area contributed by atoms with Gasteiger partial charge in [-0.1, -0.05) is 30.3 Å². The van der Waals surface area contributed by atoms with Crippen LogP contribution in [0.5, 0.6) is 0 Å². The van der Waals surface area contributed by atoms with Gasteiger partial charge < -0.3 is 0 Å². The van der Waals surface area contributed by atoms with Crippen LogP contribution in [0.2, 0.25) is 0 Å². The smallest absolute Gasteiger partial charge is 0.168 e. The van der Waals surface area contributed by atoms with Crippen LogP contribution >= 0.6 is 11.3 Å². The zero-order chi connectivity index (χ0) is 12.2. The first-order valence-electron chi connectivity index (χ1n) is 5.45. The van der Waals surface area contributed by atoms with Gasteiger partial charge in [-0.15, -0.1) is 11.3 Å². The number of imidazole rings is 1. The molecule has 3 aromatic heterocycles. The lowest BCUT2D eigenvalue weighted by atomic mass is 10.5. The predicted octanol–water partition coefficient (Wildman–Crippen LogP) is 3.00. The molecule has 5 heteroatoms. The summed E-state index contributed by atoms with van der Waals surface area (Å²) in [5.41, 5.74) is 1.61. The molecule has 0 bridgehead atoms. The molecule has 3 aromatic rings. The van der Waals surface area contributed by atoms with E-state index in [0.29, 0.717) is 0 Å². The van der Waals surface area contributed by atoms with Gasteiger partial charge in [-0.2, -0.15) is 0 Å². The van der Waals surface area contributed by atoms with E-state index in [9.17, 15) is 0 Å². The number of rotatable bonds is 1. The van der Waals surface area contributed by atoms with Gasteiger partial charge in [0.05, 0.1) is 6.20 Å². The summed E-state index contributed by atoms with van der Waals surface area (Å²) in [4.78, 5) is 12.5. The largest absolute Gasteiger partial charge is 0.274 e. The Hall–Kier alpha value is -2.27. The van der Waals surface area contributed by atoms with Crippen LogP contribution in [0.3, 0.4) is 0 Å². The summed E-state index contributed by atoms with van der Waals surface area (Å²) in [6.45, 7) is 0. The highest BCUT2D eigenvalue weighted by Crippen LogP contribution is 2.16. The van der Waals surface area contributed by atoms with Crippen molar-refractivity contribution < 1.29 is 0 Å². The summed E-state index contributed by atoms with van der Waals surface area (Å²) in [5, 5.41) is 3.08. The second-order valence-corrected chi connectivity index (χ2v) is 4.49. The first-order valence-corrected chi connectivity index (χ1v) is 6.33. The molecule has 0 saturated heterocycles. The van der Waals surface area contributed by atoms with Crippen LogP contribution in [-0.4, -0.2) is 19.5 Å². The molecular formula is C13H10N4S. The van der Waals surface area contributed by atoms with E-state index in [-0.39, 0.29) is 0 Å². The summed E-state index contributed by atoms with van der Waals surface area (Å²) >= 11 is 1.62. The van der Waals surface area contributed by atoms with Crippen molar-refractivity contribution in [3.8, 4) is 5.00 Å². The molecule has 3 rings (SSSR count). The highest BCUT2D eigenvalue weighted by atomic mass is 32.1. The van der Waals surface area contributed by atoms with Crippen LogP contribution in [0, 0.1) is 0 Å². The van der Waals surface area contributed by atoms with Gasteiger partial charge in [0.2, 0.25) is 0 Å². The highest BCUT2D eigenvalue weighted by Gasteiger charge is 2.04. The number of nitrogens with zero attached hydrogens (tertiary/aromatic N) is 4. The molecular weight excluding hydrogens is 244 g/mol. The molecule has 0 amide bonds. The second kappa shape index (κ2) is 4.93. The van der Waals surface area contributed by atoms with Crippen molar-refractivity contribution in [3.63, 3.8) is 0 Å². The number of fused-ring (bicyclic) bond motifs is 1. The van der Waals surface area contributed by atoms with Gasteiger partial charge in [-0.25, -0.2) is 15.0 Å². The Bertz CT molecular complexity index is 691. The Balaban J connectivity index is 2.24. The number of hydrogen-bond acceptors (Lipinski definition) is 4. The Kier molecular flexibility index (Phi) is 2.97. The number of aromatic nitrogens is 4. The average Bonchev–Trinajstić information content (AvgIpc) is 2.87. The summed E-state index contributed by atoms with van der Waals surface area (Å²) in [6, 6.07) is 12.0. The van der Waals surface area contributed by atoms with Crippen molar-refractivity contribution in [1.29, 1.82) is 0 Å². The molecule has 18 heavy (non-hydrogen) atoms. The van der Waals surface area contributed by atoms with E-state index < -0.39 is 0 Å². The van der Waals surface area contributed by atoms with Crippen LogP contribution in [0.25, 0.3) is 16.2 Å². The molecule has 0 unspecified atom stereocenters. The van der Waals surface area contributed by atoms with Crippen molar-refractivity contribution in [3.05, 3.63) is 60.6 Å². The van der Waals surface area contributed by atoms with E-state index in [0.717, 1.165) is 16.2 Å². The molecule has 0 aliphatic rings. The topological polar surface area (TPSA) is 43.6 Å². The minimum Gasteiger partial charge on any atom is -0.274 e. The maximum absolute atomic E-state index is 4.29. The van der Waals surface area contributed by atoms with Gasteiger partial charge in [0.15, 0.2) is 5.65 Å². The van der Waals surface area contributed by atoms with Crippen LogP contribution in [-0.2, 0) is 0 Å². The first kappa shape index (κ1) is 10.9. The minimum atomic E-state index is 0.796. The van der Waals surface area contributed by atoms with E-state index in [1.165, 1.54) is 6.33 Å². The predicted molar refractivity (Wildman–Crippen MR) is 72.2 cm³/mol. The van der Waals surface area contributed by atoms with Crippen molar-refractivity contribution in [2.24, 2.45) is 0 Å². The lowest BCUT2D eigenvalue weighted by Gasteiger charge is -1.99. The van der Waals surface area contributed by atoms with Crippen LogP contribution in [0.4, 0.5) is 0 Å². The van der Waals surface area contributed by atoms with Crippen molar-refractivity contribution in [2.45, 2.75) is 0 Å². The summed E-state index contributed by atoms with van der Waals surface area (Å²) in [7, 11) is 0. The molecule has 0 saturated carbocycles. The van der Waals surface area contributed by atoms with Gasteiger partial charge in [-0.3, -0.25) is 4.57 Å². The molecule has 0 aromatic carbocycles. The van der Waals surface area contributed by atoms with E-state index >= 15 is 0 Å². The van der Waals surface area contributed by atoms with Crippen LogP contribution < -0.4 is 0 Å². The van der Waals surface area contributed by atoms with Gasteiger partial charge in [-0.05, 0) is 11.4 Å². The van der Waals surface area contributed by atoms with E-state index in [4.69, 9.17) is 0 Å². The Morgan fingerprint density at radius 2 is 1.89 bits per heavy atom. The third kappa shape index (κ3) is 2.08. The van der Waals surface area contributed by atoms with Crippen molar-refractivity contribution in [1.82, 2.24) is 19.5 Å². The standard InChI is InChI=1S/C13H10N4S/c1-2-4-6-12(18-7-5-3-1)17-10-16-11-8-14-9-15-13(11)17/h1-10H. The Labute approximate surface area is 108 Å². The molecule has 0 atom stereocenters. The molecule has 0 aliphatic heterocycles. The molecule has 0 spiro atoms. The third-order valence-electron chi connectivity index (χ3n) is 2.40. The fraction of sp³-hybridized carbons (Fsp3) is 0. The van der Waals surface area contributed by atoms with Gasteiger partial charge in [0.25, 0.3) is 0 Å². The SMILES string of the molecule is c1cccsc(-n2cnc3cncnc32)ccc1. The molecule has 3 heterocycles. The number of hydrogen-bond donors (Lipinski definition) is 0. The Morgan fingerprint density at radius 1 is 1.00 bits per heavy atom. The quantitative estimate of drug-likeness (QED) is 0.670. The van der Waals surface area contributed by atoms with Crippen LogP contribution in [0.15, 0.2) is 60.6 Å². The van der Waals surface area contributed by atoms with Crippen molar-refractivity contribution in [2.75, 3.05) is 0 Å². The van der Waals surface area contributed by atoms with Gasteiger partial charge in [0.1, 0.15) is 23.2 Å². The lowest BCUT2D eigenvalue weighted by molar-refractivity contribution is 1.08. The zero-order valence-corrected chi connectivity index (χ0v) is 10.3. The van der Waals surface area contributed by atoms with Crippen LogP contribution in [0.1, 0.15) is 0 Å². The van der Waals surface area contributed by atoms with Crippen molar-refractivity contribution >= 4 is 22.5 Å². The average molecular weight is 254 g/mol. The maximum atomic E-state index is 4.29. The summed E-state index contributed by atoms with van der Waals surface area (Å²) in [5.74, 6) is 0.